The molecule has 0 bridgehead atoms. The minimum atomic E-state index is -4.36. The summed E-state index contributed by atoms with van der Waals surface area (Å²) in [5, 5.41) is 0. The Hall–Kier alpha value is -7.01. The Kier molecular flexibility index (Phi) is 12.8. The topological polar surface area (TPSA) is 186 Å². The van der Waals surface area contributed by atoms with Gasteiger partial charge in [0.2, 0.25) is 0 Å². The lowest BCUT2D eigenvalue weighted by atomic mass is 10.2. The van der Waals surface area contributed by atoms with Crippen LogP contribution in [0.1, 0.15) is 62.1 Å². The van der Waals surface area contributed by atoms with E-state index in [1.807, 2.05) is 0 Å². The van der Waals surface area contributed by atoms with Gasteiger partial charge in [-0.2, -0.15) is 0 Å². The zero-order chi connectivity index (χ0) is 42.9. The van der Waals surface area contributed by atoms with Gasteiger partial charge in [0, 0.05) is 44.9 Å². The molecule has 0 fully saturated rings. The molecule has 7 rings (SSSR count). The Morgan fingerprint density at radius 1 is 0.393 bits per heavy atom. The summed E-state index contributed by atoms with van der Waals surface area (Å²) in [6.45, 7) is 0. The number of benzene rings is 6. The van der Waals surface area contributed by atoms with Crippen molar-refractivity contribution < 1.29 is 55.9 Å². The Bertz CT molecular complexity index is 2510. The van der Waals surface area contributed by atoms with Crippen molar-refractivity contribution in [1.29, 1.82) is 0 Å². The molecule has 0 unspecified atom stereocenters. The van der Waals surface area contributed by atoms with Crippen LogP contribution in [0.4, 0.5) is 0 Å². The fraction of sp³-hybridized carbons (Fsp3) is 0.0233. The van der Waals surface area contributed by atoms with E-state index in [-0.39, 0.29) is 34.5 Å². The number of rotatable bonds is 18. The molecule has 1 heterocycles. The van der Waals surface area contributed by atoms with Crippen molar-refractivity contribution in [1.82, 2.24) is 4.44 Å². The highest BCUT2D eigenvalue weighted by Gasteiger charge is 2.69. The van der Waals surface area contributed by atoms with Crippen molar-refractivity contribution in [2.75, 3.05) is 7.05 Å². The van der Waals surface area contributed by atoms with E-state index >= 15 is 0 Å². The number of hydrogen-bond donors (Lipinski definition) is 0. The van der Waals surface area contributed by atoms with E-state index in [4.69, 9.17) is 36.2 Å². The van der Waals surface area contributed by atoms with Crippen LogP contribution in [0.25, 0.3) is 0 Å². The van der Waals surface area contributed by atoms with Gasteiger partial charge >= 0.3 is 23.3 Å². The molecule has 0 saturated carbocycles. The second-order valence-corrected chi connectivity index (χ2v) is 19.8. The molecule has 6 aromatic rings. The summed E-state index contributed by atoms with van der Waals surface area (Å²) in [6, 6.07) is 36.7. The van der Waals surface area contributed by atoms with Gasteiger partial charge in [-0.3, -0.25) is 37.8 Å². The third kappa shape index (κ3) is 9.73. The van der Waals surface area contributed by atoms with E-state index in [0.717, 1.165) is 0 Å². The molecule has 0 spiro atoms. The molecule has 1 aliphatic heterocycles. The van der Waals surface area contributed by atoms with E-state index in [9.17, 15) is 28.8 Å². The highest BCUT2D eigenvalue weighted by Crippen LogP contribution is 2.85. The summed E-state index contributed by atoms with van der Waals surface area (Å²) in [5.41, 5.74) is 2.11. The highest BCUT2D eigenvalue weighted by atomic mass is 31.3. The van der Waals surface area contributed by atoms with Gasteiger partial charge in [0.25, 0.3) is 0 Å². The average Bonchev–Trinajstić information content (AvgIpc) is 3.29. The first kappa shape index (κ1) is 42.1. The molecule has 0 N–H and O–H groups in total. The second kappa shape index (κ2) is 18.5. The van der Waals surface area contributed by atoms with Gasteiger partial charge in [-0.15, -0.1) is 0 Å². The predicted octanol–water partition coefficient (Wildman–Crippen LogP) is 10.9. The van der Waals surface area contributed by atoms with Crippen LogP contribution in [0.2, 0.25) is 0 Å². The molecular weight excluding hydrogens is 843 g/mol. The fourth-order valence-corrected chi connectivity index (χ4v) is 15.5. The lowest BCUT2D eigenvalue weighted by Crippen LogP contribution is -2.30. The summed E-state index contributed by atoms with van der Waals surface area (Å²) >= 11 is 0. The van der Waals surface area contributed by atoms with Crippen LogP contribution in [0.15, 0.2) is 155 Å². The van der Waals surface area contributed by atoms with Gasteiger partial charge in [-0.1, -0.05) is 4.52 Å². The summed E-state index contributed by atoms with van der Waals surface area (Å²) in [4.78, 5) is 70.1. The molecule has 15 nitrogen and oxygen atoms in total. The maximum Gasteiger partial charge on any atom is 0.590 e. The monoisotopic (exact) mass is 876 g/mol. The molecule has 1 aliphatic rings. The highest BCUT2D eigenvalue weighted by molar-refractivity contribution is 7.84. The molecule has 18 heteroatoms. The molecule has 0 aromatic heterocycles. The average molecular weight is 877 g/mol. The molecule has 0 atom stereocenters. The van der Waals surface area contributed by atoms with Crippen LogP contribution < -0.4 is 27.1 Å². The molecule has 0 radical (unpaired) electrons. The molecule has 0 aliphatic carbocycles. The molecule has 0 amide bonds. The van der Waals surface area contributed by atoms with Crippen LogP contribution >= 0.6 is 23.3 Å². The van der Waals surface area contributed by atoms with Crippen molar-refractivity contribution in [3.8, 4) is 34.5 Å². The zero-order valence-electron chi connectivity index (χ0n) is 31.9. The van der Waals surface area contributed by atoms with Crippen LogP contribution in [0.3, 0.4) is 0 Å². The number of carbonyl (C=O) groups is 6. The van der Waals surface area contributed by atoms with Crippen molar-refractivity contribution in [2.24, 2.45) is 9.03 Å². The summed E-state index contributed by atoms with van der Waals surface area (Å²) < 4.78 is 52.9. The van der Waals surface area contributed by atoms with Crippen molar-refractivity contribution >= 4 is 61.1 Å². The second-order valence-electron chi connectivity index (χ2n) is 12.8. The van der Waals surface area contributed by atoms with Crippen molar-refractivity contribution in [3.63, 3.8) is 0 Å². The summed E-state index contributed by atoms with van der Waals surface area (Å²) in [6.07, 6.45) is 4.01. The molecular formula is C43H33N3O12P3+. The zero-order valence-corrected chi connectivity index (χ0v) is 34.6. The molecule has 306 valence electrons. The van der Waals surface area contributed by atoms with E-state index in [2.05, 4.69) is 0 Å². The van der Waals surface area contributed by atoms with E-state index in [0.29, 0.717) is 71.1 Å². The molecule has 61 heavy (non-hydrogen) atoms. The van der Waals surface area contributed by atoms with Crippen LogP contribution in [0, 0.1) is 0 Å². The number of carbonyl (C=O) groups excluding carboxylic acids is 6. The van der Waals surface area contributed by atoms with Gasteiger partial charge < -0.3 is 18.1 Å². The van der Waals surface area contributed by atoms with Crippen molar-refractivity contribution in [2.45, 2.75) is 0 Å². The Morgan fingerprint density at radius 2 is 0.639 bits per heavy atom. The third-order valence-electron chi connectivity index (χ3n) is 8.63. The maximum absolute atomic E-state index is 11.7. The normalized spacial score (nSPS) is 14.6. The largest absolute Gasteiger partial charge is 0.590 e. The van der Waals surface area contributed by atoms with Crippen molar-refractivity contribution in [3.05, 3.63) is 179 Å². The van der Waals surface area contributed by atoms with Crippen LogP contribution in [0.5, 0.6) is 34.5 Å². The third-order valence-corrected chi connectivity index (χ3v) is 17.8. The molecule has 0 saturated heterocycles. The van der Waals surface area contributed by atoms with Gasteiger partial charge in [0.15, 0.2) is 11.5 Å². The number of hydrogen-bond acceptors (Lipinski definition) is 15. The van der Waals surface area contributed by atoms with E-state index in [1.165, 1.54) is 150 Å². The van der Waals surface area contributed by atoms with E-state index in [1.54, 1.807) is 7.05 Å². The van der Waals surface area contributed by atoms with Gasteiger partial charge in [-0.25, -0.2) is 0 Å². The maximum atomic E-state index is 11.7. The molecule has 6 aromatic carbocycles. The fourth-order valence-electron chi connectivity index (χ4n) is 5.47. The number of nitrogens with zero attached hydrogens (tertiary/aromatic N) is 3. The Balaban J connectivity index is 1.57. The van der Waals surface area contributed by atoms with Gasteiger partial charge in [0.05, 0.1) is 4.52 Å². The standard InChI is InChI=1S/C43H33N3O12P3/c1-46-60(55-40-18-6-34(28-49)7-19-40,56-41-20-8-35(29-50)9-21-41)44-59(53-38-14-2-32(26-47)3-15-38,54-39-16-4-33(27-48)5-17-39)45-61(46,57-42-22-10-36(30-51)11-23-42)58-43-24-12-37(31-52)13-25-43/h2-31H,1H3/q+1. The minimum absolute atomic E-state index is 0.146. The first-order chi connectivity index (χ1) is 29.6. The Labute approximate surface area is 349 Å². The SMILES string of the molecule is CN1P(Oc2ccc(C=O)cc2)(Oc2ccc(C=O)cc2)=NP(Oc2ccc(C=O)cc2)(Oc2ccc(C=O)cc2)=N[P+]1(Oc1ccc(C=O)cc1)Oc1ccc(C=O)cc1. The lowest BCUT2D eigenvalue weighted by molar-refractivity contribution is 0.111. The van der Waals surface area contributed by atoms with Crippen LogP contribution in [-0.4, -0.2) is 49.2 Å². The Morgan fingerprint density at radius 3 is 0.902 bits per heavy atom. The predicted molar refractivity (Wildman–Crippen MR) is 228 cm³/mol. The lowest BCUT2D eigenvalue weighted by Gasteiger charge is -2.37. The van der Waals surface area contributed by atoms with Gasteiger partial charge in [0.1, 0.15) is 60.7 Å². The smallest absolute Gasteiger partial charge is 0.417 e. The quantitative estimate of drug-likeness (QED) is 0.0587. The summed E-state index contributed by atoms with van der Waals surface area (Å²) in [7, 11) is -11.3. The first-order valence-corrected chi connectivity index (χ1v) is 22.6. The first-order valence-electron chi connectivity index (χ1n) is 18.0. The van der Waals surface area contributed by atoms with Gasteiger partial charge in [-0.05, 0) is 146 Å². The summed E-state index contributed by atoms with van der Waals surface area (Å²) in [5.74, 6) is 0.991. The minimum Gasteiger partial charge on any atom is -0.417 e. The van der Waals surface area contributed by atoms with Crippen LogP contribution in [-0.2, 0) is 0 Å². The van der Waals surface area contributed by atoms with E-state index < -0.39 is 23.3 Å². The number of aldehydes is 6.